The predicted molar refractivity (Wildman–Crippen MR) is 345 cm³/mol. The number of pyridine rings is 1. The number of halogens is 3. The molecule has 7 heterocycles. The maximum atomic E-state index is 17.0. The van der Waals surface area contributed by atoms with Gasteiger partial charge in [0.15, 0.2) is 25.5 Å². The van der Waals surface area contributed by atoms with E-state index in [9.17, 15) is 16.8 Å². The SMILES string of the molecule is CN(CCS(=O)(=O)/C=C/CC1CC1)c1nc(OCC23CCCN2CC(C2CC2C/C=C/S(=O)(=O)CCN(C)c2nc(OC[C@@H]4CCCN4C)nc4c(F)c(-c5cccc6cccc(Cl)c56)ncc24)C3)nc2c1CCN(c1cccc3cccc(Cl)c13)C2. The van der Waals surface area contributed by atoms with Crippen molar-refractivity contribution in [3.05, 3.63) is 129 Å². The molecule has 5 atom stereocenters. The minimum Gasteiger partial charge on any atom is -0.462 e. The normalized spacial score (nSPS) is 22.5. The molecule has 21 heteroatoms. The fourth-order valence-electron chi connectivity index (χ4n) is 14.1. The molecule has 4 aromatic carbocycles. The van der Waals surface area contributed by atoms with E-state index >= 15 is 4.39 Å². The first-order valence-corrected chi connectivity index (χ1v) is 34.9. The highest BCUT2D eigenvalue weighted by Gasteiger charge is 2.55. The van der Waals surface area contributed by atoms with Crippen molar-refractivity contribution in [1.29, 1.82) is 0 Å². The molecule has 4 unspecified atom stereocenters. The third-order valence-corrected chi connectivity index (χ3v) is 22.6. The molecule has 2 aliphatic carbocycles. The molecule has 4 aliphatic heterocycles. The van der Waals surface area contributed by atoms with Crippen molar-refractivity contribution in [2.24, 2.45) is 23.7 Å². The maximum Gasteiger partial charge on any atom is 0.319 e. The third kappa shape index (κ3) is 12.9. The average molecular weight is 1260 g/mol. The van der Waals surface area contributed by atoms with Crippen LogP contribution in [0.4, 0.5) is 21.7 Å². The molecule has 2 saturated carbocycles. The van der Waals surface area contributed by atoms with Crippen molar-refractivity contribution in [3.63, 3.8) is 0 Å². The summed E-state index contributed by atoms with van der Waals surface area (Å²) in [5.41, 5.74) is 3.35. The number of rotatable bonds is 23. The second-order valence-electron chi connectivity index (χ2n) is 25.2. The molecule has 13 rings (SSSR count). The highest BCUT2D eigenvalue weighted by Crippen LogP contribution is 2.55. The van der Waals surface area contributed by atoms with Crippen molar-refractivity contribution >= 4 is 92.6 Å². The van der Waals surface area contributed by atoms with Gasteiger partial charge >= 0.3 is 12.0 Å². The molecular weight excluding hydrogens is 1180 g/mol. The van der Waals surface area contributed by atoms with Gasteiger partial charge in [0.1, 0.15) is 36.1 Å². The minimum absolute atomic E-state index is 0.00712. The highest BCUT2D eigenvalue weighted by atomic mass is 35.5. The highest BCUT2D eigenvalue weighted by molar-refractivity contribution is 7.94. The monoisotopic (exact) mass is 1260 g/mol. The van der Waals surface area contributed by atoms with E-state index in [4.69, 9.17) is 47.6 Å². The summed E-state index contributed by atoms with van der Waals surface area (Å²) >= 11 is 13.5. The van der Waals surface area contributed by atoms with E-state index in [1.807, 2.05) is 60.5 Å². The van der Waals surface area contributed by atoms with E-state index < -0.39 is 25.5 Å². The molecule has 0 N–H and O–H groups in total. The average Bonchev–Trinajstić information content (AvgIpc) is 1.82. The van der Waals surface area contributed by atoms with Crippen LogP contribution in [0, 0.1) is 29.5 Å². The van der Waals surface area contributed by atoms with Gasteiger partial charge in [-0.3, -0.25) is 9.88 Å². The minimum atomic E-state index is -3.65. The summed E-state index contributed by atoms with van der Waals surface area (Å²) in [7, 11) is -1.37. The van der Waals surface area contributed by atoms with E-state index in [-0.39, 0.29) is 53.4 Å². The van der Waals surface area contributed by atoms with E-state index in [1.54, 1.807) is 30.3 Å². The van der Waals surface area contributed by atoms with E-state index in [2.05, 4.69) is 56.0 Å². The van der Waals surface area contributed by atoms with Crippen molar-refractivity contribution in [3.8, 4) is 23.3 Å². The number of aromatic nitrogens is 5. The Morgan fingerprint density at radius 1 is 0.770 bits per heavy atom. The number of sulfone groups is 2. The number of likely N-dealkylation sites (tertiary alicyclic amines) is 1. The topological polar surface area (TPSA) is 167 Å². The zero-order valence-corrected chi connectivity index (χ0v) is 52.8. The lowest BCUT2D eigenvalue weighted by atomic mass is 9.88. The Kier molecular flexibility index (Phi) is 16.9. The number of hydrogen-bond donors (Lipinski definition) is 0. The van der Waals surface area contributed by atoms with Crippen molar-refractivity contribution in [2.45, 2.75) is 88.8 Å². The van der Waals surface area contributed by atoms with Gasteiger partial charge in [-0.15, -0.1) is 0 Å². The molecule has 5 fully saturated rings. The summed E-state index contributed by atoms with van der Waals surface area (Å²) in [4.78, 5) is 35.0. The largest absolute Gasteiger partial charge is 0.462 e. The number of nitrogens with zero attached hydrogens (tertiary/aromatic N) is 10. The fourth-order valence-corrected chi connectivity index (χ4v) is 16.8. The van der Waals surface area contributed by atoms with Gasteiger partial charge in [0, 0.05) is 95.9 Å². The van der Waals surface area contributed by atoms with Gasteiger partial charge in [-0.2, -0.15) is 19.9 Å². The van der Waals surface area contributed by atoms with E-state index in [1.165, 1.54) is 23.7 Å². The summed E-state index contributed by atoms with van der Waals surface area (Å²) in [5.74, 6) is 2.07. The molecular formula is C66H75Cl2FN10O6S2. The Bertz CT molecular complexity index is 4050. The van der Waals surface area contributed by atoms with Crippen molar-refractivity contribution < 1.29 is 30.7 Å². The number of hydrogen-bond acceptors (Lipinski definition) is 16. The molecule has 0 spiro atoms. The lowest BCUT2D eigenvalue weighted by Crippen LogP contribution is -2.43. The van der Waals surface area contributed by atoms with Crippen LogP contribution in [0.3, 0.4) is 0 Å². The van der Waals surface area contributed by atoms with Crippen LogP contribution < -0.4 is 24.2 Å². The molecule has 0 radical (unpaired) electrons. The molecule has 87 heavy (non-hydrogen) atoms. The third-order valence-electron chi connectivity index (χ3n) is 19.3. The van der Waals surface area contributed by atoms with Gasteiger partial charge in [-0.25, -0.2) is 21.2 Å². The van der Waals surface area contributed by atoms with E-state index in [0.29, 0.717) is 107 Å². The Labute approximate surface area is 519 Å². The lowest BCUT2D eigenvalue weighted by molar-refractivity contribution is 0.107. The van der Waals surface area contributed by atoms with Crippen LogP contribution in [0.2, 0.25) is 10.0 Å². The molecule has 0 bridgehead atoms. The number of ether oxygens (including phenoxy) is 2. The number of likely N-dealkylation sites (N-methyl/N-ethyl adjacent to an activating group) is 1. The molecule has 3 saturated heterocycles. The zero-order chi connectivity index (χ0) is 60.2. The molecule has 0 amide bonds. The van der Waals surface area contributed by atoms with Gasteiger partial charge in [0.05, 0.1) is 39.7 Å². The Balaban J connectivity index is 0.666. The summed E-state index contributed by atoms with van der Waals surface area (Å²) in [6.45, 7) is 5.24. The summed E-state index contributed by atoms with van der Waals surface area (Å²) < 4.78 is 83.9. The van der Waals surface area contributed by atoms with Gasteiger partial charge in [0.25, 0.3) is 0 Å². The molecule has 6 aliphatic rings. The second-order valence-corrected chi connectivity index (χ2v) is 30.0. The number of anilines is 3. The van der Waals surface area contributed by atoms with Gasteiger partial charge < -0.3 is 29.1 Å². The second kappa shape index (κ2) is 24.6. The smallest absolute Gasteiger partial charge is 0.319 e. The number of benzene rings is 4. The number of allylic oxidation sites excluding steroid dienone is 2. The Hall–Kier alpha value is -6.22. The Morgan fingerprint density at radius 3 is 2.18 bits per heavy atom. The van der Waals surface area contributed by atoms with Crippen LogP contribution in [0.1, 0.15) is 75.5 Å². The molecule has 458 valence electrons. The maximum absolute atomic E-state index is 17.0. The predicted octanol–water partition coefficient (Wildman–Crippen LogP) is 11.8. The van der Waals surface area contributed by atoms with Crippen LogP contribution in [-0.2, 0) is 32.6 Å². The molecule has 7 aromatic rings. The zero-order valence-electron chi connectivity index (χ0n) is 49.6. The van der Waals surface area contributed by atoms with Crippen LogP contribution in [0.25, 0.3) is 43.7 Å². The van der Waals surface area contributed by atoms with Crippen molar-refractivity contribution in [2.75, 3.05) is 99.8 Å². The Morgan fingerprint density at radius 2 is 1.45 bits per heavy atom. The van der Waals surface area contributed by atoms with Crippen molar-refractivity contribution in [1.82, 2.24) is 34.7 Å². The first kappa shape index (κ1) is 59.7. The van der Waals surface area contributed by atoms with Gasteiger partial charge in [-0.05, 0) is 143 Å². The van der Waals surface area contributed by atoms with Gasteiger partial charge in [-0.1, -0.05) is 90.0 Å². The van der Waals surface area contributed by atoms with E-state index in [0.717, 1.165) is 97.7 Å². The van der Waals surface area contributed by atoms with Crippen LogP contribution in [-0.4, -0.2) is 148 Å². The van der Waals surface area contributed by atoms with Crippen LogP contribution in [0.15, 0.2) is 102 Å². The summed E-state index contributed by atoms with van der Waals surface area (Å²) in [5, 5.41) is 7.84. The first-order chi connectivity index (χ1) is 42.0. The number of fused-ring (bicyclic) bond motifs is 5. The summed E-state index contributed by atoms with van der Waals surface area (Å²) in [6.07, 6.45) is 15.7. The molecule has 16 nitrogen and oxygen atoms in total. The van der Waals surface area contributed by atoms with Crippen LogP contribution in [0.5, 0.6) is 12.0 Å². The van der Waals surface area contributed by atoms with Crippen LogP contribution >= 0.6 is 23.2 Å². The fraction of sp³-hybridized carbons (Fsp3) is 0.470. The molecule has 3 aromatic heterocycles. The summed E-state index contributed by atoms with van der Waals surface area (Å²) in [6, 6.07) is 23.8. The first-order valence-electron chi connectivity index (χ1n) is 30.8. The lowest BCUT2D eigenvalue weighted by Gasteiger charge is -2.34. The quantitative estimate of drug-likeness (QED) is 0.0593. The standard InChI is InChI=1S/C66H75Cl2FN10O6S2/c1-75-27-8-18-48(75)41-84-65-72-61-52(38-70-60(59(61)69)50-19-4-13-44-14-5-20-53(67)57(44)50)63(74-65)77(3)31-35-87(82,83)33-10-17-46-36-51(46)47-37-66(26-11-28-79(66)39-47)42-85-64-71-55-40-78(56-22-7-16-45-15-6-21-54(68)58(45)56)29-25-49(55)62(73-64)76(2)30-34-86(80,81)32-9-12-43-23-24-43/h4-7,9-10,13-16,19-22,32-33,38,43,46-48,51H,8,11-12,17-18,23-31,34-37,39-42H2,1-3H3/b32-9+,33-10+/t46?,47?,48-,51?,66?/m0/s1. The van der Waals surface area contributed by atoms with Gasteiger partial charge in [0.2, 0.25) is 0 Å².